The fourth-order valence-corrected chi connectivity index (χ4v) is 2.36. The molecule has 0 aromatic carbocycles. The van der Waals surface area contributed by atoms with Gasteiger partial charge in [-0.2, -0.15) is 4.90 Å². The third-order valence-electron chi connectivity index (χ3n) is 3.04. The molecule has 4 amide bonds. The summed E-state index contributed by atoms with van der Waals surface area (Å²) < 4.78 is 7.76. The van der Waals surface area contributed by atoms with Crippen LogP contribution in [0.1, 0.15) is 67.2 Å². The standard InChI is InChI=1S/C17H34N4O3S/c1-7-10-13-24-14(18)21(15(22)19-25-17(4,5)6)16(23)20(11-8-2)12-9-3/h18H,7-13H2,1-6H3,(H,19,22). The Morgan fingerprint density at radius 3 is 2.08 bits per heavy atom. The first kappa shape index (κ1) is 23.6. The molecular weight excluding hydrogens is 340 g/mol. The van der Waals surface area contributed by atoms with Crippen LogP contribution >= 0.6 is 11.9 Å². The lowest BCUT2D eigenvalue weighted by molar-refractivity contribution is 0.160. The van der Waals surface area contributed by atoms with Crippen molar-refractivity contribution in [3.63, 3.8) is 0 Å². The molecule has 0 radical (unpaired) electrons. The monoisotopic (exact) mass is 374 g/mol. The zero-order chi connectivity index (χ0) is 19.5. The van der Waals surface area contributed by atoms with E-state index in [4.69, 9.17) is 10.1 Å². The van der Waals surface area contributed by atoms with Crippen LogP contribution in [0.15, 0.2) is 0 Å². The van der Waals surface area contributed by atoms with Gasteiger partial charge in [0.05, 0.1) is 6.61 Å². The third-order valence-corrected chi connectivity index (χ3v) is 3.93. The van der Waals surface area contributed by atoms with E-state index in [9.17, 15) is 9.59 Å². The first-order valence-corrected chi connectivity index (χ1v) is 9.77. The molecule has 0 saturated carbocycles. The maximum atomic E-state index is 12.8. The first-order chi connectivity index (χ1) is 11.7. The summed E-state index contributed by atoms with van der Waals surface area (Å²) in [6, 6.07) is -1.59. The number of imide groups is 1. The molecule has 0 unspecified atom stereocenters. The number of urea groups is 2. The van der Waals surface area contributed by atoms with Crippen molar-refractivity contribution in [2.75, 3.05) is 19.7 Å². The molecule has 0 aliphatic rings. The van der Waals surface area contributed by atoms with Crippen LogP contribution in [0.2, 0.25) is 0 Å². The van der Waals surface area contributed by atoms with Gasteiger partial charge < -0.3 is 9.64 Å². The highest BCUT2D eigenvalue weighted by molar-refractivity contribution is 7.99. The number of amidine groups is 1. The van der Waals surface area contributed by atoms with Gasteiger partial charge in [-0.05, 0) is 52.0 Å². The molecule has 0 aromatic rings. The molecule has 0 rings (SSSR count). The number of carbonyl (C=O) groups is 2. The predicted octanol–water partition coefficient (Wildman–Crippen LogP) is 4.44. The van der Waals surface area contributed by atoms with Crippen LogP contribution in [-0.4, -0.2) is 52.3 Å². The average molecular weight is 375 g/mol. The zero-order valence-electron chi connectivity index (χ0n) is 16.5. The van der Waals surface area contributed by atoms with Gasteiger partial charge in [0.25, 0.3) is 0 Å². The smallest absolute Gasteiger partial charge is 0.343 e. The van der Waals surface area contributed by atoms with E-state index >= 15 is 0 Å². The second kappa shape index (κ2) is 12.0. The van der Waals surface area contributed by atoms with E-state index in [0.717, 1.165) is 30.6 Å². The topological polar surface area (TPSA) is 85.7 Å². The fourth-order valence-electron chi connectivity index (χ4n) is 1.87. The summed E-state index contributed by atoms with van der Waals surface area (Å²) in [4.78, 5) is 27.7. The number of nitrogens with zero attached hydrogens (tertiary/aromatic N) is 2. The highest BCUT2D eigenvalue weighted by Gasteiger charge is 2.32. The van der Waals surface area contributed by atoms with Crippen molar-refractivity contribution in [2.24, 2.45) is 0 Å². The minimum absolute atomic E-state index is 0.206. The van der Waals surface area contributed by atoms with Gasteiger partial charge in [0, 0.05) is 17.8 Å². The van der Waals surface area contributed by atoms with E-state index in [2.05, 4.69) is 4.72 Å². The van der Waals surface area contributed by atoms with Crippen molar-refractivity contribution in [2.45, 2.75) is 72.0 Å². The van der Waals surface area contributed by atoms with E-state index in [-0.39, 0.29) is 4.75 Å². The molecule has 0 saturated heterocycles. The largest absolute Gasteiger partial charge is 0.465 e. The van der Waals surface area contributed by atoms with Crippen molar-refractivity contribution in [1.29, 1.82) is 5.41 Å². The highest BCUT2D eigenvalue weighted by atomic mass is 32.2. The van der Waals surface area contributed by atoms with Gasteiger partial charge >= 0.3 is 18.1 Å². The number of nitrogens with one attached hydrogen (secondary N) is 2. The number of ether oxygens (including phenoxy) is 1. The summed E-state index contributed by atoms with van der Waals surface area (Å²) in [5.41, 5.74) is 0. The van der Waals surface area contributed by atoms with Crippen molar-refractivity contribution in [1.82, 2.24) is 14.5 Å². The Morgan fingerprint density at radius 1 is 1.08 bits per heavy atom. The SMILES string of the molecule is CCCCOC(=N)N(C(=O)NSC(C)(C)C)C(=O)N(CCC)CCC. The minimum atomic E-state index is -0.649. The summed E-state index contributed by atoms with van der Waals surface area (Å²) in [5.74, 6) is 0. The number of hydrogen-bond acceptors (Lipinski definition) is 5. The van der Waals surface area contributed by atoms with E-state index < -0.39 is 18.1 Å². The highest BCUT2D eigenvalue weighted by Crippen LogP contribution is 2.20. The van der Waals surface area contributed by atoms with E-state index in [0.29, 0.717) is 19.7 Å². The predicted molar refractivity (Wildman–Crippen MR) is 104 cm³/mol. The van der Waals surface area contributed by atoms with Gasteiger partial charge in [-0.1, -0.05) is 27.2 Å². The van der Waals surface area contributed by atoms with Crippen LogP contribution in [0, 0.1) is 5.41 Å². The molecule has 8 heteroatoms. The fraction of sp³-hybridized carbons (Fsp3) is 0.824. The summed E-state index contributed by atoms with van der Waals surface area (Å²) in [6.07, 6.45) is 3.23. The van der Waals surface area contributed by atoms with Gasteiger partial charge in [0.1, 0.15) is 0 Å². The van der Waals surface area contributed by atoms with Crippen LogP contribution in [0.4, 0.5) is 9.59 Å². The minimum Gasteiger partial charge on any atom is -0.465 e. The summed E-state index contributed by atoms with van der Waals surface area (Å²) in [5, 5.41) is 8.06. The Morgan fingerprint density at radius 2 is 1.64 bits per heavy atom. The molecule has 7 nitrogen and oxygen atoms in total. The summed E-state index contributed by atoms with van der Waals surface area (Å²) in [6.45, 7) is 13.2. The van der Waals surface area contributed by atoms with Crippen LogP contribution in [0.25, 0.3) is 0 Å². The van der Waals surface area contributed by atoms with Crippen molar-refractivity contribution in [3.8, 4) is 0 Å². The van der Waals surface area contributed by atoms with Crippen molar-refractivity contribution < 1.29 is 14.3 Å². The van der Waals surface area contributed by atoms with Crippen LogP contribution < -0.4 is 4.72 Å². The van der Waals surface area contributed by atoms with Gasteiger partial charge in [-0.3, -0.25) is 10.1 Å². The molecular formula is C17H34N4O3S. The first-order valence-electron chi connectivity index (χ1n) is 8.96. The number of rotatable bonds is 8. The van der Waals surface area contributed by atoms with Gasteiger partial charge in [0.2, 0.25) is 0 Å². The summed E-state index contributed by atoms with van der Waals surface area (Å²) >= 11 is 1.21. The lowest BCUT2D eigenvalue weighted by Gasteiger charge is -2.29. The van der Waals surface area contributed by atoms with Gasteiger partial charge in [0.15, 0.2) is 0 Å². The Bertz CT molecular complexity index is 432. The molecule has 0 bridgehead atoms. The van der Waals surface area contributed by atoms with Crippen LogP contribution in [0.5, 0.6) is 0 Å². The summed E-state index contributed by atoms with van der Waals surface area (Å²) in [7, 11) is 0. The van der Waals surface area contributed by atoms with E-state index in [1.165, 1.54) is 11.9 Å². The van der Waals surface area contributed by atoms with E-state index in [1.54, 1.807) is 4.90 Å². The molecule has 0 fully saturated rings. The lowest BCUT2D eigenvalue weighted by atomic mass is 10.3. The van der Waals surface area contributed by atoms with Gasteiger partial charge in [-0.25, -0.2) is 9.59 Å². The van der Waals surface area contributed by atoms with Crippen LogP contribution in [-0.2, 0) is 4.74 Å². The molecule has 0 heterocycles. The molecule has 0 aliphatic heterocycles. The number of carbonyl (C=O) groups excluding carboxylic acids is 2. The Kier molecular flexibility index (Phi) is 11.3. The zero-order valence-corrected chi connectivity index (χ0v) is 17.3. The molecule has 2 N–H and O–H groups in total. The average Bonchev–Trinajstić information content (AvgIpc) is 2.52. The normalized spacial score (nSPS) is 11.0. The molecule has 25 heavy (non-hydrogen) atoms. The van der Waals surface area contributed by atoms with Gasteiger partial charge in [-0.15, -0.1) is 0 Å². The molecule has 0 spiro atoms. The molecule has 146 valence electrons. The maximum Gasteiger partial charge on any atom is 0.343 e. The Hall–Kier alpha value is -1.44. The Balaban J connectivity index is 5.24. The lowest BCUT2D eigenvalue weighted by Crippen LogP contribution is -2.53. The molecule has 0 aliphatic carbocycles. The number of amides is 4. The molecule has 0 aromatic heterocycles. The second-order valence-electron chi connectivity index (χ2n) is 6.73. The van der Waals surface area contributed by atoms with E-state index in [1.807, 2.05) is 41.5 Å². The molecule has 0 atom stereocenters. The Labute approximate surface area is 156 Å². The van der Waals surface area contributed by atoms with Crippen LogP contribution in [0.3, 0.4) is 0 Å². The van der Waals surface area contributed by atoms with Crippen molar-refractivity contribution in [3.05, 3.63) is 0 Å². The third kappa shape index (κ3) is 9.57. The second-order valence-corrected chi connectivity index (χ2v) is 8.37. The number of hydrogen-bond donors (Lipinski definition) is 2. The number of unbranched alkanes of at least 4 members (excludes halogenated alkanes) is 1. The quantitative estimate of drug-likeness (QED) is 0.285. The van der Waals surface area contributed by atoms with Crippen molar-refractivity contribution >= 4 is 30.0 Å². The maximum absolute atomic E-state index is 12.8.